The van der Waals surface area contributed by atoms with Crippen LogP contribution < -0.4 is 4.74 Å². The second-order valence-corrected chi connectivity index (χ2v) is 5.78. The summed E-state index contributed by atoms with van der Waals surface area (Å²) < 4.78 is 5.35. The third kappa shape index (κ3) is 5.05. The molecule has 0 fully saturated rings. The third-order valence-electron chi connectivity index (χ3n) is 3.90. The third-order valence-corrected chi connectivity index (χ3v) is 3.90. The summed E-state index contributed by atoms with van der Waals surface area (Å²) in [6.45, 7) is 4.65. The van der Waals surface area contributed by atoms with Gasteiger partial charge in [0.25, 0.3) is 0 Å². The average molecular weight is 324 g/mol. The molecule has 3 nitrogen and oxygen atoms in total. The maximum atomic E-state index is 12.3. The Kier molecular flexibility index (Phi) is 6.74. The van der Waals surface area contributed by atoms with Crippen molar-refractivity contribution in [3.8, 4) is 5.75 Å². The topological polar surface area (TPSA) is 43.4 Å². The van der Waals surface area contributed by atoms with Crippen molar-refractivity contribution < 1.29 is 14.3 Å². The highest BCUT2D eigenvalue weighted by Crippen LogP contribution is 2.15. The highest BCUT2D eigenvalue weighted by atomic mass is 16.5. The molecule has 0 atom stereocenters. The number of aryl methyl sites for hydroxylation is 1. The van der Waals surface area contributed by atoms with Gasteiger partial charge in [-0.2, -0.15) is 0 Å². The van der Waals surface area contributed by atoms with Crippen LogP contribution in [0.1, 0.15) is 59.4 Å². The smallest absolute Gasteiger partial charge is 0.170 e. The number of hydrogen-bond acceptors (Lipinski definition) is 3. The molecule has 0 amide bonds. The van der Waals surface area contributed by atoms with Crippen molar-refractivity contribution in [1.82, 2.24) is 0 Å². The minimum Gasteiger partial charge on any atom is -0.494 e. The molecular formula is C21H24O3. The number of hydrogen-bond donors (Lipinski definition) is 0. The van der Waals surface area contributed by atoms with Gasteiger partial charge in [-0.3, -0.25) is 9.59 Å². The second-order valence-electron chi connectivity index (χ2n) is 5.78. The summed E-state index contributed by atoms with van der Waals surface area (Å²) in [4.78, 5) is 24.5. The van der Waals surface area contributed by atoms with Gasteiger partial charge in [0.2, 0.25) is 0 Å². The lowest BCUT2D eigenvalue weighted by Crippen LogP contribution is -2.08. The van der Waals surface area contributed by atoms with Gasteiger partial charge in [0, 0.05) is 11.1 Å². The second kappa shape index (κ2) is 9.02. The number of benzene rings is 2. The first-order valence-electron chi connectivity index (χ1n) is 8.52. The lowest BCUT2D eigenvalue weighted by molar-refractivity contribution is 0.0894. The van der Waals surface area contributed by atoms with Crippen LogP contribution in [-0.2, 0) is 6.42 Å². The average Bonchev–Trinajstić information content (AvgIpc) is 2.61. The summed E-state index contributed by atoms with van der Waals surface area (Å²) in [6.07, 6.45) is 3.21. The number of ketones is 2. The van der Waals surface area contributed by atoms with Gasteiger partial charge in [0.1, 0.15) is 5.75 Å². The molecule has 0 saturated carbocycles. The van der Waals surface area contributed by atoms with Gasteiger partial charge in [0.15, 0.2) is 11.6 Å². The molecule has 0 N–H and O–H groups in total. The van der Waals surface area contributed by atoms with E-state index in [-0.39, 0.29) is 18.0 Å². The lowest BCUT2D eigenvalue weighted by atomic mass is 9.99. The van der Waals surface area contributed by atoms with E-state index < -0.39 is 0 Å². The Morgan fingerprint density at radius 3 is 1.88 bits per heavy atom. The monoisotopic (exact) mass is 324 g/mol. The number of Topliss-reactive ketones (excluding diaryl/α,β-unsaturated/α-hetero) is 2. The number of carbonyl (C=O) groups excluding carboxylic acids is 2. The van der Waals surface area contributed by atoms with Gasteiger partial charge >= 0.3 is 0 Å². The summed E-state index contributed by atoms with van der Waals surface area (Å²) in [5.74, 6) is 0.414. The van der Waals surface area contributed by atoms with Crippen LogP contribution >= 0.6 is 0 Å². The van der Waals surface area contributed by atoms with Crippen LogP contribution in [0.25, 0.3) is 0 Å². The van der Waals surface area contributed by atoms with Crippen molar-refractivity contribution in [2.75, 3.05) is 6.61 Å². The molecule has 0 unspecified atom stereocenters. The van der Waals surface area contributed by atoms with Crippen LogP contribution in [0, 0.1) is 0 Å². The Labute approximate surface area is 143 Å². The Morgan fingerprint density at radius 2 is 1.38 bits per heavy atom. The van der Waals surface area contributed by atoms with Gasteiger partial charge in [-0.15, -0.1) is 0 Å². The van der Waals surface area contributed by atoms with E-state index in [2.05, 4.69) is 6.92 Å². The largest absolute Gasteiger partial charge is 0.494 e. The Hall–Kier alpha value is -2.42. The molecule has 3 heteroatoms. The van der Waals surface area contributed by atoms with Crippen LogP contribution in [0.15, 0.2) is 48.5 Å². The van der Waals surface area contributed by atoms with E-state index in [9.17, 15) is 9.59 Å². The van der Waals surface area contributed by atoms with E-state index in [1.54, 1.807) is 24.3 Å². The van der Waals surface area contributed by atoms with E-state index in [0.717, 1.165) is 25.0 Å². The highest BCUT2D eigenvalue weighted by molar-refractivity contribution is 6.13. The molecule has 2 aromatic rings. The minimum absolute atomic E-state index is 0.109. The number of unbranched alkanes of at least 4 members (excludes halogenated alkanes) is 1. The van der Waals surface area contributed by atoms with Crippen molar-refractivity contribution in [3.63, 3.8) is 0 Å². The van der Waals surface area contributed by atoms with Gasteiger partial charge in [-0.25, -0.2) is 0 Å². The number of ether oxygens (including phenoxy) is 1. The van der Waals surface area contributed by atoms with E-state index in [1.807, 2.05) is 31.2 Å². The summed E-state index contributed by atoms with van der Waals surface area (Å²) in [5, 5.41) is 0. The van der Waals surface area contributed by atoms with Crippen LogP contribution in [0.2, 0.25) is 0 Å². The first-order valence-corrected chi connectivity index (χ1v) is 8.52. The molecule has 0 aliphatic carbocycles. The standard InChI is InChI=1S/C21H24O3/c1-3-5-6-16-7-9-17(10-8-16)20(22)15-21(23)18-11-13-19(14-12-18)24-4-2/h7-14H,3-6,15H2,1-2H3. The molecule has 2 aromatic carbocycles. The van der Waals surface area contributed by atoms with Crippen LogP contribution in [0.4, 0.5) is 0 Å². The molecule has 0 heterocycles. The minimum atomic E-state index is -0.168. The molecule has 0 aliphatic heterocycles. The van der Waals surface area contributed by atoms with Crippen molar-refractivity contribution in [1.29, 1.82) is 0 Å². The first-order chi connectivity index (χ1) is 11.6. The molecule has 2 rings (SSSR count). The van der Waals surface area contributed by atoms with Crippen molar-refractivity contribution in [2.45, 2.75) is 39.5 Å². The Balaban J connectivity index is 1.96. The zero-order valence-electron chi connectivity index (χ0n) is 14.4. The zero-order valence-corrected chi connectivity index (χ0v) is 14.4. The Bertz CT molecular complexity index is 669. The number of rotatable bonds is 9. The summed E-state index contributed by atoms with van der Waals surface area (Å²) in [6, 6.07) is 14.5. The SMILES string of the molecule is CCCCc1ccc(C(=O)CC(=O)c2ccc(OCC)cc2)cc1. The fraction of sp³-hybridized carbons (Fsp3) is 0.333. The van der Waals surface area contributed by atoms with Crippen LogP contribution in [-0.4, -0.2) is 18.2 Å². The predicted molar refractivity (Wildman–Crippen MR) is 95.9 cm³/mol. The van der Waals surface area contributed by atoms with Gasteiger partial charge in [-0.05, 0) is 49.6 Å². The Morgan fingerprint density at radius 1 is 0.833 bits per heavy atom. The maximum absolute atomic E-state index is 12.3. The molecule has 126 valence electrons. The maximum Gasteiger partial charge on any atom is 0.170 e. The van der Waals surface area contributed by atoms with Crippen LogP contribution in [0.3, 0.4) is 0 Å². The van der Waals surface area contributed by atoms with E-state index in [4.69, 9.17) is 4.74 Å². The number of carbonyl (C=O) groups is 2. The normalized spacial score (nSPS) is 10.4. The van der Waals surface area contributed by atoms with Gasteiger partial charge in [0.05, 0.1) is 13.0 Å². The van der Waals surface area contributed by atoms with Gasteiger partial charge in [-0.1, -0.05) is 37.6 Å². The van der Waals surface area contributed by atoms with Gasteiger partial charge < -0.3 is 4.74 Å². The fourth-order valence-corrected chi connectivity index (χ4v) is 2.49. The molecule has 0 radical (unpaired) electrons. The predicted octanol–water partition coefficient (Wildman–Crippen LogP) is 4.88. The molecular weight excluding hydrogens is 300 g/mol. The van der Waals surface area contributed by atoms with Crippen LogP contribution in [0.5, 0.6) is 5.75 Å². The molecule has 0 saturated heterocycles. The quantitative estimate of drug-likeness (QED) is 0.487. The highest BCUT2D eigenvalue weighted by Gasteiger charge is 2.13. The van der Waals surface area contributed by atoms with Crippen molar-refractivity contribution in [3.05, 3.63) is 65.2 Å². The fourth-order valence-electron chi connectivity index (χ4n) is 2.49. The first kappa shape index (κ1) is 17.9. The summed E-state index contributed by atoms with van der Waals surface area (Å²) >= 11 is 0. The molecule has 0 bridgehead atoms. The molecule has 0 spiro atoms. The zero-order chi connectivity index (χ0) is 17.4. The lowest BCUT2D eigenvalue weighted by Gasteiger charge is -2.05. The van der Waals surface area contributed by atoms with E-state index in [0.29, 0.717) is 17.7 Å². The molecule has 24 heavy (non-hydrogen) atoms. The van der Waals surface area contributed by atoms with E-state index >= 15 is 0 Å². The van der Waals surface area contributed by atoms with Crippen molar-refractivity contribution in [2.24, 2.45) is 0 Å². The molecule has 0 aromatic heterocycles. The summed E-state index contributed by atoms with van der Waals surface area (Å²) in [5.41, 5.74) is 2.35. The molecule has 0 aliphatic rings. The van der Waals surface area contributed by atoms with E-state index in [1.165, 1.54) is 5.56 Å². The van der Waals surface area contributed by atoms with Crippen molar-refractivity contribution >= 4 is 11.6 Å². The summed E-state index contributed by atoms with van der Waals surface area (Å²) in [7, 11) is 0.